The Labute approximate surface area is 153 Å². The van der Waals surface area contributed by atoms with E-state index in [-0.39, 0.29) is 16.4 Å². The number of hydrogen-bond acceptors (Lipinski definition) is 5. The van der Waals surface area contributed by atoms with E-state index >= 15 is 0 Å². The molecule has 0 spiro atoms. The highest BCUT2D eigenvalue weighted by atomic mass is 35.5. The molecule has 0 bridgehead atoms. The third-order valence-corrected chi connectivity index (χ3v) is 3.63. The van der Waals surface area contributed by atoms with Gasteiger partial charge in [-0.3, -0.25) is 4.79 Å². The molecule has 1 aromatic carbocycles. The first-order valence-electron chi connectivity index (χ1n) is 7.57. The van der Waals surface area contributed by atoms with Gasteiger partial charge in [-0.05, 0) is 44.4 Å². The van der Waals surface area contributed by atoms with Gasteiger partial charge < -0.3 is 15.5 Å². The number of amides is 1. The number of benzene rings is 1. The van der Waals surface area contributed by atoms with Crippen LogP contribution in [0.5, 0.6) is 0 Å². The highest BCUT2D eigenvalue weighted by Crippen LogP contribution is 2.33. The predicted octanol–water partition coefficient (Wildman–Crippen LogP) is 3.37. The van der Waals surface area contributed by atoms with Crippen LogP contribution in [0.25, 0.3) is 0 Å². The molecular weight excluding hydrogens is 371 g/mol. The number of aromatic nitrogens is 2. The molecule has 0 aliphatic carbocycles. The fourth-order valence-corrected chi connectivity index (χ4v) is 2.10. The van der Waals surface area contributed by atoms with Crippen LogP contribution in [0.15, 0.2) is 30.3 Å². The van der Waals surface area contributed by atoms with E-state index in [0.717, 1.165) is 24.7 Å². The van der Waals surface area contributed by atoms with Crippen molar-refractivity contribution in [1.82, 2.24) is 15.1 Å². The summed E-state index contributed by atoms with van der Waals surface area (Å²) in [5.74, 6) is -0.223. The first-order valence-corrected chi connectivity index (χ1v) is 7.95. The van der Waals surface area contributed by atoms with E-state index in [4.69, 9.17) is 11.6 Å². The van der Waals surface area contributed by atoms with Crippen molar-refractivity contribution in [2.75, 3.05) is 37.8 Å². The normalized spacial score (nSPS) is 11.5. The van der Waals surface area contributed by atoms with Gasteiger partial charge in [-0.2, -0.15) is 13.2 Å². The molecule has 0 saturated carbocycles. The van der Waals surface area contributed by atoms with E-state index in [1.165, 1.54) is 6.07 Å². The summed E-state index contributed by atoms with van der Waals surface area (Å²) in [6.07, 6.45) is -4.54. The van der Waals surface area contributed by atoms with E-state index < -0.39 is 17.6 Å². The van der Waals surface area contributed by atoms with Crippen LogP contribution in [-0.4, -0.2) is 48.2 Å². The van der Waals surface area contributed by atoms with E-state index in [9.17, 15) is 18.0 Å². The Balaban J connectivity index is 2.06. The number of nitrogens with zero attached hydrogens (tertiary/aromatic N) is 3. The zero-order valence-corrected chi connectivity index (χ0v) is 14.8. The second-order valence-corrected chi connectivity index (χ2v) is 6.09. The van der Waals surface area contributed by atoms with Gasteiger partial charge in [-0.25, -0.2) is 0 Å². The number of carbonyl (C=O) groups is 1. The van der Waals surface area contributed by atoms with Gasteiger partial charge in [0, 0.05) is 13.1 Å². The van der Waals surface area contributed by atoms with Crippen molar-refractivity contribution in [3.8, 4) is 0 Å². The van der Waals surface area contributed by atoms with Gasteiger partial charge in [0.05, 0.1) is 16.3 Å². The Kier molecular flexibility index (Phi) is 6.38. The molecule has 0 fully saturated rings. The van der Waals surface area contributed by atoms with E-state index in [1.807, 2.05) is 19.0 Å². The molecule has 140 valence electrons. The summed E-state index contributed by atoms with van der Waals surface area (Å²) in [6.45, 7) is 1.44. The lowest BCUT2D eigenvalue weighted by Crippen LogP contribution is -2.21. The fraction of sp³-hybridized carbons (Fsp3) is 0.312. The molecule has 1 aromatic heterocycles. The topological polar surface area (TPSA) is 70.2 Å². The maximum Gasteiger partial charge on any atom is 0.416 e. The summed E-state index contributed by atoms with van der Waals surface area (Å²) in [4.78, 5) is 14.1. The molecule has 1 amide bonds. The molecule has 26 heavy (non-hydrogen) atoms. The van der Waals surface area contributed by atoms with Crippen LogP contribution in [0.1, 0.15) is 16.1 Å². The summed E-state index contributed by atoms with van der Waals surface area (Å²) in [5, 5.41) is 13.0. The third kappa shape index (κ3) is 5.57. The lowest BCUT2D eigenvalue weighted by atomic mass is 10.2. The summed E-state index contributed by atoms with van der Waals surface area (Å²) < 4.78 is 38.3. The third-order valence-electron chi connectivity index (χ3n) is 3.30. The number of nitrogens with one attached hydrogen (secondary N) is 2. The molecule has 10 heteroatoms. The molecule has 0 aliphatic heterocycles. The molecular formula is C16H17ClF3N5O. The van der Waals surface area contributed by atoms with Gasteiger partial charge in [0.25, 0.3) is 5.91 Å². The molecule has 6 nitrogen and oxygen atoms in total. The largest absolute Gasteiger partial charge is 0.416 e. The number of alkyl halides is 3. The Bertz CT molecular complexity index is 765. The van der Waals surface area contributed by atoms with Crippen molar-refractivity contribution in [2.24, 2.45) is 0 Å². The van der Waals surface area contributed by atoms with Crippen LogP contribution < -0.4 is 10.6 Å². The molecule has 2 N–H and O–H groups in total. The molecule has 0 atom stereocenters. The standard InChI is InChI=1S/C16H17ClF3N5O/c1-25(2)8-7-21-14-6-5-12(23-24-14)15(26)22-13-9-10(16(18,19)20)3-4-11(13)17/h3-6,9H,7-8H2,1-2H3,(H,21,24)(H,22,26). The van der Waals surface area contributed by atoms with Crippen molar-refractivity contribution in [1.29, 1.82) is 0 Å². The average Bonchev–Trinajstić information content (AvgIpc) is 2.56. The van der Waals surface area contributed by atoms with Crippen molar-refractivity contribution >= 4 is 29.0 Å². The molecule has 1 heterocycles. The molecule has 0 saturated heterocycles. The zero-order chi connectivity index (χ0) is 19.3. The first-order chi connectivity index (χ1) is 12.2. The minimum atomic E-state index is -4.54. The van der Waals surface area contributed by atoms with Crippen molar-refractivity contribution in [2.45, 2.75) is 6.18 Å². The van der Waals surface area contributed by atoms with Gasteiger partial charge in [0.2, 0.25) is 0 Å². The van der Waals surface area contributed by atoms with Crippen LogP contribution in [0.3, 0.4) is 0 Å². The molecule has 0 radical (unpaired) electrons. The summed E-state index contributed by atoms with van der Waals surface area (Å²) in [6, 6.07) is 5.66. The number of carbonyl (C=O) groups excluding carboxylic acids is 1. The zero-order valence-electron chi connectivity index (χ0n) is 14.1. The fourth-order valence-electron chi connectivity index (χ4n) is 1.94. The van der Waals surface area contributed by atoms with Crippen molar-refractivity contribution in [3.63, 3.8) is 0 Å². The second-order valence-electron chi connectivity index (χ2n) is 5.68. The lowest BCUT2D eigenvalue weighted by Gasteiger charge is -2.12. The minimum absolute atomic E-state index is 0.0127. The molecule has 0 aliphatic rings. The Hall–Kier alpha value is -2.39. The molecule has 2 rings (SSSR count). The highest BCUT2D eigenvalue weighted by Gasteiger charge is 2.31. The number of anilines is 2. The van der Waals surface area contributed by atoms with Crippen molar-refractivity contribution < 1.29 is 18.0 Å². The predicted molar refractivity (Wildman–Crippen MR) is 93.5 cm³/mol. The molecule has 0 unspecified atom stereocenters. The van der Waals surface area contributed by atoms with Crippen LogP contribution in [-0.2, 0) is 6.18 Å². The molecule has 2 aromatic rings. The van der Waals surface area contributed by atoms with Crippen LogP contribution >= 0.6 is 11.6 Å². The number of rotatable bonds is 6. The highest BCUT2D eigenvalue weighted by molar-refractivity contribution is 6.33. The lowest BCUT2D eigenvalue weighted by molar-refractivity contribution is -0.137. The Morgan fingerprint density at radius 1 is 1.19 bits per heavy atom. The maximum atomic E-state index is 12.8. The van der Waals surface area contributed by atoms with Crippen molar-refractivity contribution in [3.05, 3.63) is 46.6 Å². The average molecular weight is 388 g/mol. The van der Waals surface area contributed by atoms with Gasteiger partial charge in [-0.15, -0.1) is 10.2 Å². The Morgan fingerprint density at radius 2 is 1.92 bits per heavy atom. The van der Waals surface area contributed by atoms with Crippen LogP contribution in [0, 0.1) is 0 Å². The van der Waals surface area contributed by atoms with Crippen LogP contribution in [0.4, 0.5) is 24.7 Å². The summed E-state index contributed by atoms with van der Waals surface area (Å²) >= 11 is 5.85. The van der Waals surface area contributed by atoms with E-state index in [0.29, 0.717) is 12.4 Å². The minimum Gasteiger partial charge on any atom is -0.367 e. The number of hydrogen-bond donors (Lipinski definition) is 2. The monoisotopic (exact) mass is 387 g/mol. The van der Waals surface area contributed by atoms with Gasteiger partial charge in [0.15, 0.2) is 5.69 Å². The van der Waals surface area contributed by atoms with E-state index in [2.05, 4.69) is 20.8 Å². The van der Waals surface area contributed by atoms with Gasteiger partial charge >= 0.3 is 6.18 Å². The SMILES string of the molecule is CN(C)CCNc1ccc(C(=O)Nc2cc(C(F)(F)F)ccc2Cl)nn1. The number of halogens is 4. The second kappa shape index (κ2) is 8.33. The first kappa shape index (κ1) is 19.9. The Morgan fingerprint density at radius 3 is 2.50 bits per heavy atom. The van der Waals surface area contributed by atoms with Crippen LogP contribution in [0.2, 0.25) is 5.02 Å². The van der Waals surface area contributed by atoms with Gasteiger partial charge in [-0.1, -0.05) is 11.6 Å². The number of likely N-dealkylation sites (N-methyl/N-ethyl adjacent to an activating group) is 1. The summed E-state index contributed by atoms with van der Waals surface area (Å²) in [5.41, 5.74) is -1.11. The van der Waals surface area contributed by atoms with E-state index in [1.54, 1.807) is 6.07 Å². The van der Waals surface area contributed by atoms with Gasteiger partial charge in [0.1, 0.15) is 5.82 Å². The summed E-state index contributed by atoms with van der Waals surface area (Å²) in [7, 11) is 3.86. The maximum absolute atomic E-state index is 12.8. The smallest absolute Gasteiger partial charge is 0.367 e. The quantitative estimate of drug-likeness (QED) is 0.795.